The summed E-state index contributed by atoms with van der Waals surface area (Å²) in [6.45, 7) is 1.57. The highest BCUT2D eigenvalue weighted by molar-refractivity contribution is 6.07. The lowest BCUT2D eigenvalue weighted by molar-refractivity contribution is 0.104. The van der Waals surface area contributed by atoms with Crippen LogP contribution in [0.15, 0.2) is 48.5 Å². The van der Waals surface area contributed by atoms with Gasteiger partial charge in [-0.25, -0.2) is 8.78 Å². The Balaban J connectivity index is 1.68. The highest BCUT2D eigenvalue weighted by Gasteiger charge is 2.17. The van der Waals surface area contributed by atoms with Gasteiger partial charge in [-0.1, -0.05) is 0 Å². The predicted molar refractivity (Wildman–Crippen MR) is 93.6 cm³/mol. The highest BCUT2D eigenvalue weighted by atomic mass is 19.1. The van der Waals surface area contributed by atoms with Crippen LogP contribution in [0.1, 0.15) is 28.8 Å². The number of carbonyl (C=O) groups is 1. The van der Waals surface area contributed by atoms with Gasteiger partial charge >= 0.3 is 0 Å². The number of hydrogen-bond donors (Lipinski definition) is 1. The standard InChI is InChI=1S/C20H19F2NO2/c21-16-4-7-19(22)15(13-16)3-8-20(25)14-1-5-17(6-2-14)23-11-9-18(24)10-12-23/h1-8,13,18,24H,9-12H2/b8-3-. The molecule has 5 heteroatoms. The summed E-state index contributed by atoms with van der Waals surface area (Å²) in [6.07, 6.45) is 3.77. The van der Waals surface area contributed by atoms with Crippen molar-refractivity contribution in [1.29, 1.82) is 0 Å². The van der Waals surface area contributed by atoms with Crippen LogP contribution in [0.2, 0.25) is 0 Å². The second-order valence-corrected chi connectivity index (χ2v) is 6.13. The minimum atomic E-state index is -0.576. The number of aliphatic hydroxyl groups excluding tert-OH is 1. The van der Waals surface area contributed by atoms with Crippen molar-refractivity contribution in [2.24, 2.45) is 0 Å². The van der Waals surface area contributed by atoms with Gasteiger partial charge in [0.1, 0.15) is 11.6 Å². The van der Waals surface area contributed by atoms with Gasteiger partial charge in [0.05, 0.1) is 6.10 Å². The number of carbonyl (C=O) groups excluding carboxylic acids is 1. The van der Waals surface area contributed by atoms with Crippen LogP contribution in [-0.2, 0) is 0 Å². The molecule has 0 amide bonds. The summed E-state index contributed by atoms with van der Waals surface area (Å²) < 4.78 is 26.7. The van der Waals surface area contributed by atoms with E-state index in [0.29, 0.717) is 5.56 Å². The minimum absolute atomic E-state index is 0.0387. The van der Waals surface area contributed by atoms with Crippen LogP contribution in [0.3, 0.4) is 0 Å². The summed E-state index contributed by atoms with van der Waals surface area (Å²) in [5.74, 6) is -1.40. The molecular weight excluding hydrogens is 324 g/mol. The van der Waals surface area contributed by atoms with Gasteiger partial charge in [-0.3, -0.25) is 4.79 Å². The summed E-state index contributed by atoms with van der Waals surface area (Å²) in [5, 5.41) is 9.55. The van der Waals surface area contributed by atoms with E-state index in [1.807, 2.05) is 12.1 Å². The lowest BCUT2D eigenvalue weighted by Gasteiger charge is -2.31. The molecule has 1 saturated heterocycles. The molecule has 130 valence electrons. The first kappa shape index (κ1) is 17.3. The van der Waals surface area contributed by atoms with Crippen molar-refractivity contribution in [3.63, 3.8) is 0 Å². The molecule has 1 N–H and O–H groups in total. The Morgan fingerprint density at radius 1 is 1.08 bits per heavy atom. The van der Waals surface area contributed by atoms with Gasteiger partial charge in [0, 0.05) is 29.9 Å². The first-order chi connectivity index (χ1) is 12.0. The molecule has 0 aliphatic carbocycles. The van der Waals surface area contributed by atoms with Crippen molar-refractivity contribution in [3.8, 4) is 0 Å². The summed E-state index contributed by atoms with van der Waals surface area (Å²) in [7, 11) is 0. The molecule has 0 aromatic heterocycles. The Bertz CT molecular complexity index is 779. The largest absolute Gasteiger partial charge is 0.393 e. The SMILES string of the molecule is O=C(/C=C\c1cc(F)ccc1F)c1ccc(N2CCC(O)CC2)cc1. The molecule has 0 spiro atoms. The number of benzene rings is 2. The second-order valence-electron chi connectivity index (χ2n) is 6.13. The molecule has 0 saturated carbocycles. The van der Waals surface area contributed by atoms with Gasteiger partial charge in [0.15, 0.2) is 5.78 Å². The minimum Gasteiger partial charge on any atom is -0.393 e. The first-order valence-electron chi connectivity index (χ1n) is 8.23. The van der Waals surface area contributed by atoms with Crippen LogP contribution in [0.25, 0.3) is 6.08 Å². The number of nitrogens with zero attached hydrogens (tertiary/aromatic N) is 1. The average molecular weight is 343 g/mol. The fourth-order valence-corrected chi connectivity index (χ4v) is 2.86. The molecule has 0 radical (unpaired) electrons. The van der Waals surface area contributed by atoms with Crippen molar-refractivity contribution in [1.82, 2.24) is 0 Å². The maximum atomic E-state index is 13.6. The fraction of sp³-hybridized carbons (Fsp3) is 0.250. The zero-order chi connectivity index (χ0) is 17.8. The maximum absolute atomic E-state index is 13.6. The molecule has 25 heavy (non-hydrogen) atoms. The molecule has 2 aromatic rings. The van der Waals surface area contributed by atoms with Gasteiger partial charge in [-0.15, -0.1) is 0 Å². The van der Waals surface area contributed by atoms with E-state index >= 15 is 0 Å². The Morgan fingerprint density at radius 3 is 2.44 bits per heavy atom. The third-order valence-electron chi connectivity index (χ3n) is 4.35. The number of ketones is 1. The van der Waals surface area contributed by atoms with Crippen LogP contribution in [0, 0.1) is 11.6 Å². The van der Waals surface area contributed by atoms with E-state index in [1.54, 1.807) is 12.1 Å². The van der Waals surface area contributed by atoms with Crippen LogP contribution in [0.4, 0.5) is 14.5 Å². The number of anilines is 1. The number of halogens is 2. The second kappa shape index (κ2) is 7.57. The molecule has 3 rings (SSSR count). The number of rotatable bonds is 4. The predicted octanol–water partition coefficient (Wildman–Crippen LogP) is 3.82. The van der Waals surface area contributed by atoms with Crippen molar-refractivity contribution < 1.29 is 18.7 Å². The van der Waals surface area contributed by atoms with E-state index < -0.39 is 11.6 Å². The summed E-state index contributed by atoms with van der Waals surface area (Å²) in [5.41, 5.74) is 1.52. The zero-order valence-electron chi connectivity index (χ0n) is 13.7. The van der Waals surface area contributed by atoms with E-state index in [9.17, 15) is 18.7 Å². The van der Waals surface area contributed by atoms with Crippen LogP contribution in [0.5, 0.6) is 0 Å². The van der Waals surface area contributed by atoms with Crippen LogP contribution >= 0.6 is 0 Å². The molecule has 2 aromatic carbocycles. The highest BCUT2D eigenvalue weighted by Crippen LogP contribution is 2.21. The lowest BCUT2D eigenvalue weighted by Crippen LogP contribution is -2.35. The van der Waals surface area contributed by atoms with Gasteiger partial charge in [0.25, 0.3) is 0 Å². The van der Waals surface area contributed by atoms with Gasteiger partial charge in [-0.05, 0) is 67.5 Å². The Hall–Kier alpha value is -2.53. The molecule has 1 aliphatic rings. The third-order valence-corrected chi connectivity index (χ3v) is 4.35. The smallest absolute Gasteiger partial charge is 0.185 e. The molecule has 1 aliphatic heterocycles. The monoisotopic (exact) mass is 343 g/mol. The summed E-state index contributed by atoms with van der Waals surface area (Å²) in [4.78, 5) is 14.4. The Kier molecular flexibility index (Phi) is 5.24. The summed E-state index contributed by atoms with van der Waals surface area (Å²) >= 11 is 0. The van der Waals surface area contributed by atoms with Crippen molar-refractivity contribution in [2.45, 2.75) is 18.9 Å². The summed E-state index contributed by atoms with van der Waals surface area (Å²) in [6, 6.07) is 10.3. The quantitative estimate of drug-likeness (QED) is 0.678. The van der Waals surface area contributed by atoms with Crippen molar-refractivity contribution in [3.05, 3.63) is 71.3 Å². The molecular formula is C20H19F2NO2. The van der Waals surface area contributed by atoms with E-state index in [-0.39, 0.29) is 17.5 Å². The number of hydrogen-bond acceptors (Lipinski definition) is 3. The molecule has 1 heterocycles. The maximum Gasteiger partial charge on any atom is 0.185 e. The molecule has 3 nitrogen and oxygen atoms in total. The number of aliphatic hydroxyl groups is 1. The van der Waals surface area contributed by atoms with E-state index in [4.69, 9.17) is 0 Å². The van der Waals surface area contributed by atoms with E-state index in [2.05, 4.69) is 4.90 Å². The van der Waals surface area contributed by atoms with Crippen molar-refractivity contribution in [2.75, 3.05) is 18.0 Å². The van der Waals surface area contributed by atoms with E-state index in [1.165, 1.54) is 12.2 Å². The lowest BCUT2D eigenvalue weighted by atomic mass is 10.1. The molecule has 0 atom stereocenters. The number of allylic oxidation sites excluding steroid dienone is 1. The van der Waals surface area contributed by atoms with E-state index in [0.717, 1.165) is 49.8 Å². The molecule has 0 unspecified atom stereocenters. The molecule has 0 bridgehead atoms. The normalized spacial score (nSPS) is 15.7. The zero-order valence-corrected chi connectivity index (χ0v) is 13.7. The van der Waals surface area contributed by atoms with Crippen molar-refractivity contribution >= 4 is 17.5 Å². The first-order valence-corrected chi connectivity index (χ1v) is 8.23. The third kappa shape index (κ3) is 4.31. The Labute approximate surface area is 145 Å². The van der Waals surface area contributed by atoms with Gasteiger partial charge in [-0.2, -0.15) is 0 Å². The van der Waals surface area contributed by atoms with Crippen LogP contribution in [-0.4, -0.2) is 30.1 Å². The molecule has 1 fully saturated rings. The number of piperidine rings is 1. The Morgan fingerprint density at radius 2 is 1.76 bits per heavy atom. The van der Waals surface area contributed by atoms with Gasteiger partial charge in [0.2, 0.25) is 0 Å². The van der Waals surface area contributed by atoms with Crippen LogP contribution < -0.4 is 4.90 Å². The average Bonchev–Trinajstić information content (AvgIpc) is 2.63. The fourth-order valence-electron chi connectivity index (χ4n) is 2.86. The topological polar surface area (TPSA) is 40.5 Å². The van der Waals surface area contributed by atoms with Gasteiger partial charge < -0.3 is 10.0 Å².